The Balaban J connectivity index is 0.00000280. The second-order valence-corrected chi connectivity index (χ2v) is 9.96. The normalized spacial score (nSPS) is 27.0. The Morgan fingerprint density at radius 3 is 2.36 bits per heavy atom. The van der Waals surface area contributed by atoms with Crippen molar-refractivity contribution in [1.82, 2.24) is 9.62 Å². The van der Waals surface area contributed by atoms with Crippen LogP contribution >= 0.6 is 12.4 Å². The van der Waals surface area contributed by atoms with Crippen LogP contribution in [0.2, 0.25) is 0 Å². The number of sulfonamides is 1. The maximum absolute atomic E-state index is 12.9. The predicted octanol–water partition coefficient (Wildman–Crippen LogP) is 2.00. The van der Waals surface area contributed by atoms with E-state index >= 15 is 0 Å². The number of fused-ring (bicyclic) bond motifs is 2. The molecule has 2 aliphatic carbocycles. The predicted molar refractivity (Wildman–Crippen MR) is 110 cm³/mol. The molecule has 158 valence electrons. The van der Waals surface area contributed by atoms with E-state index in [1.54, 1.807) is 6.07 Å². The molecule has 3 rings (SSSR count). The van der Waals surface area contributed by atoms with Crippen molar-refractivity contribution in [2.24, 2.45) is 17.6 Å². The Labute approximate surface area is 173 Å². The molecule has 0 radical (unpaired) electrons. The molecule has 0 saturated heterocycles. The highest BCUT2D eigenvalue weighted by Crippen LogP contribution is 2.40. The van der Waals surface area contributed by atoms with Gasteiger partial charge in [-0.1, -0.05) is 6.42 Å². The molecule has 2 saturated carbocycles. The highest BCUT2D eigenvalue weighted by Gasteiger charge is 2.40. The molecule has 2 unspecified atom stereocenters. The lowest BCUT2D eigenvalue weighted by atomic mass is 9.67. The van der Waals surface area contributed by atoms with E-state index in [0.717, 1.165) is 30.0 Å². The SMILES string of the molecule is COc1ccc(C(=O)NC2C3CCCC2CC(N)C3)cc1S(=O)(=O)N(C)C.Cl. The van der Waals surface area contributed by atoms with Crippen molar-refractivity contribution in [3.63, 3.8) is 0 Å². The van der Waals surface area contributed by atoms with E-state index < -0.39 is 10.0 Å². The molecule has 1 aromatic carbocycles. The minimum Gasteiger partial charge on any atom is -0.495 e. The number of methoxy groups -OCH3 is 1. The lowest BCUT2D eigenvalue weighted by Crippen LogP contribution is -2.53. The molecule has 3 N–H and O–H groups in total. The molecule has 2 atom stereocenters. The average molecular weight is 432 g/mol. The van der Waals surface area contributed by atoms with Gasteiger partial charge in [0.05, 0.1) is 7.11 Å². The highest BCUT2D eigenvalue weighted by molar-refractivity contribution is 7.89. The summed E-state index contributed by atoms with van der Waals surface area (Å²) in [6.45, 7) is 0. The third kappa shape index (κ3) is 4.45. The Morgan fingerprint density at radius 1 is 1.21 bits per heavy atom. The van der Waals surface area contributed by atoms with E-state index in [4.69, 9.17) is 10.5 Å². The maximum atomic E-state index is 12.9. The number of ether oxygens (including phenoxy) is 1. The van der Waals surface area contributed by atoms with E-state index in [1.807, 2.05) is 0 Å². The fourth-order valence-electron chi connectivity index (χ4n) is 4.48. The Bertz CT molecular complexity index is 801. The van der Waals surface area contributed by atoms with Crippen LogP contribution in [-0.2, 0) is 10.0 Å². The molecule has 9 heteroatoms. The Hall–Kier alpha value is -1.35. The monoisotopic (exact) mass is 431 g/mol. The van der Waals surface area contributed by atoms with E-state index in [2.05, 4.69) is 5.32 Å². The first-order valence-corrected chi connectivity index (χ1v) is 10.8. The summed E-state index contributed by atoms with van der Waals surface area (Å²) in [4.78, 5) is 12.9. The Kier molecular flexibility index (Phi) is 7.36. The first-order valence-electron chi connectivity index (χ1n) is 9.41. The van der Waals surface area contributed by atoms with Crippen LogP contribution in [0.25, 0.3) is 0 Å². The van der Waals surface area contributed by atoms with Crippen molar-refractivity contribution >= 4 is 28.3 Å². The van der Waals surface area contributed by atoms with E-state index in [9.17, 15) is 13.2 Å². The van der Waals surface area contributed by atoms with Crippen LogP contribution in [0.3, 0.4) is 0 Å². The summed E-state index contributed by atoms with van der Waals surface area (Å²) in [6, 6.07) is 4.86. The van der Waals surface area contributed by atoms with E-state index in [-0.39, 0.29) is 41.0 Å². The molecule has 0 spiro atoms. The third-order valence-corrected chi connectivity index (χ3v) is 7.70. The second-order valence-electron chi connectivity index (χ2n) is 7.83. The summed E-state index contributed by atoms with van der Waals surface area (Å²) in [5.74, 6) is 0.783. The van der Waals surface area contributed by atoms with Gasteiger partial charge in [-0.3, -0.25) is 4.79 Å². The summed E-state index contributed by atoms with van der Waals surface area (Å²) in [7, 11) is 0.598. The summed E-state index contributed by atoms with van der Waals surface area (Å²) >= 11 is 0. The zero-order chi connectivity index (χ0) is 19.8. The number of nitrogens with one attached hydrogen (secondary N) is 1. The number of benzene rings is 1. The molecular weight excluding hydrogens is 402 g/mol. The molecule has 1 aromatic rings. The van der Waals surface area contributed by atoms with Gasteiger partial charge in [0.15, 0.2) is 0 Å². The van der Waals surface area contributed by atoms with Crippen molar-refractivity contribution in [3.8, 4) is 5.75 Å². The first-order chi connectivity index (χ1) is 12.7. The van der Waals surface area contributed by atoms with Crippen LogP contribution in [0.15, 0.2) is 23.1 Å². The third-order valence-electron chi connectivity index (χ3n) is 5.86. The number of nitrogens with zero attached hydrogens (tertiary/aromatic N) is 1. The largest absolute Gasteiger partial charge is 0.495 e. The van der Waals surface area contributed by atoms with Gasteiger partial charge < -0.3 is 15.8 Å². The quantitative estimate of drug-likeness (QED) is 0.742. The average Bonchev–Trinajstić information content (AvgIpc) is 2.61. The van der Waals surface area contributed by atoms with Crippen LogP contribution in [0.1, 0.15) is 42.5 Å². The molecule has 2 aliphatic rings. The number of hydrogen-bond donors (Lipinski definition) is 2. The van der Waals surface area contributed by atoms with Gasteiger partial charge in [-0.25, -0.2) is 12.7 Å². The number of nitrogens with two attached hydrogens (primary N) is 1. The van der Waals surface area contributed by atoms with Crippen LogP contribution in [0.5, 0.6) is 5.75 Å². The number of amides is 1. The van der Waals surface area contributed by atoms with Crippen molar-refractivity contribution in [2.45, 2.75) is 49.1 Å². The first kappa shape index (κ1) is 22.9. The summed E-state index contributed by atoms with van der Waals surface area (Å²) < 4.78 is 31.4. The molecule has 2 fully saturated rings. The maximum Gasteiger partial charge on any atom is 0.251 e. The summed E-state index contributed by atoms with van der Waals surface area (Å²) in [5.41, 5.74) is 6.48. The van der Waals surface area contributed by atoms with Gasteiger partial charge in [0.1, 0.15) is 10.6 Å². The number of hydrogen-bond acceptors (Lipinski definition) is 5. The van der Waals surface area contributed by atoms with Crippen LogP contribution in [0, 0.1) is 11.8 Å². The number of rotatable bonds is 5. The van der Waals surface area contributed by atoms with Crippen molar-refractivity contribution in [1.29, 1.82) is 0 Å². The van der Waals surface area contributed by atoms with Gasteiger partial charge in [-0.05, 0) is 55.7 Å². The van der Waals surface area contributed by atoms with Gasteiger partial charge in [-0.2, -0.15) is 0 Å². The fraction of sp³-hybridized carbons (Fsp3) is 0.632. The highest BCUT2D eigenvalue weighted by atomic mass is 35.5. The lowest BCUT2D eigenvalue weighted by Gasteiger charge is -2.45. The van der Waals surface area contributed by atoms with Crippen LogP contribution in [-0.4, -0.2) is 51.9 Å². The molecule has 1 amide bonds. The number of carbonyl (C=O) groups is 1. The van der Waals surface area contributed by atoms with Crippen LogP contribution in [0.4, 0.5) is 0 Å². The topological polar surface area (TPSA) is 102 Å². The van der Waals surface area contributed by atoms with Crippen molar-refractivity contribution in [2.75, 3.05) is 21.2 Å². The molecule has 0 aliphatic heterocycles. The standard InChI is InChI=1S/C19H29N3O4S.ClH/c1-22(2)27(24,25)17-11-14(7-8-16(17)26-3)19(23)21-18-12-5-4-6-13(18)10-15(20)9-12;/h7-8,11-13,15,18H,4-6,9-10,20H2,1-3H3,(H,21,23);1H. The van der Waals surface area contributed by atoms with E-state index in [1.165, 1.54) is 39.8 Å². The Morgan fingerprint density at radius 2 is 1.82 bits per heavy atom. The van der Waals surface area contributed by atoms with Crippen molar-refractivity contribution < 1.29 is 17.9 Å². The summed E-state index contributed by atoms with van der Waals surface area (Å²) in [6.07, 6.45) is 5.22. The minimum absolute atomic E-state index is 0. The smallest absolute Gasteiger partial charge is 0.251 e. The second kappa shape index (κ2) is 8.98. The molecule has 28 heavy (non-hydrogen) atoms. The number of carbonyl (C=O) groups excluding carboxylic acids is 1. The molecule has 0 heterocycles. The van der Waals surface area contributed by atoms with Gasteiger partial charge in [-0.15, -0.1) is 12.4 Å². The molecule has 7 nitrogen and oxygen atoms in total. The minimum atomic E-state index is -3.72. The van der Waals surface area contributed by atoms with Gasteiger partial charge >= 0.3 is 0 Å². The van der Waals surface area contributed by atoms with Crippen molar-refractivity contribution in [3.05, 3.63) is 23.8 Å². The fourth-order valence-corrected chi connectivity index (χ4v) is 5.55. The van der Waals surface area contributed by atoms with E-state index in [0.29, 0.717) is 17.4 Å². The zero-order valence-electron chi connectivity index (χ0n) is 16.6. The lowest BCUT2D eigenvalue weighted by molar-refractivity contribution is 0.0756. The van der Waals surface area contributed by atoms with Gasteiger partial charge in [0, 0.05) is 31.7 Å². The zero-order valence-corrected chi connectivity index (χ0v) is 18.2. The van der Waals surface area contributed by atoms with Crippen LogP contribution < -0.4 is 15.8 Å². The van der Waals surface area contributed by atoms with Gasteiger partial charge in [0.2, 0.25) is 10.0 Å². The molecule has 2 bridgehead atoms. The molecular formula is C19H30ClN3O4S. The van der Waals surface area contributed by atoms with Gasteiger partial charge in [0.25, 0.3) is 5.91 Å². The number of halogens is 1. The summed E-state index contributed by atoms with van der Waals surface area (Å²) in [5, 5.41) is 3.16. The molecule has 0 aromatic heterocycles.